The second-order valence-electron chi connectivity index (χ2n) is 5.14. The zero-order chi connectivity index (χ0) is 8.55. The van der Waals surface area contributed by atoms with E-state index in [1.54, 1.807) is 0 Å². The molecule has 0 spiro atoms. The van der Waals surface area contributed by atoms with Crippen LogP contribution < -0.4 is 0 Å². The van der Waals surface area contributed by atoms with Crippen LogP contribution in [0.1, 0.15) is 52.4 Å². The Morgan fingerprint density at radius 1 is 0.667 bits per heavy atom. The zero-order valence-electron chi connectivity index (χ0n) is 8.55. The molecular formula is C12H22. The van der Waals surface area contributed by atoms with E-state index in [-0.39, 0.29) is 0 Å². The van der Waals surface area contributed by atoms with Crippen molar-refractivity contribution in [3.05, 3.63) is 0 Å². The van der Waals surface area contributed by atoms with Gasteiger partial charge in [-0.05, 0) is 36.5 Å². The molecule has 0 aromatic carbocycles. The molecule has 0 amide bonds. The molecule has 0 saturated heterocycles. The van der Waals surface area contributed by atoms with Crippen LogP contribution in [0.2, 0.25) is 0 Å². The van der Waals surface area contributed by atoms with E-state index in [0.717, 1.165) is 23.7 Å². The van der Waals surface area contributed by atoms with Crippen molar-refractivity contribution in [3.8, 4) is 0 Å². The van der Waals surface area contributed by atoms with Crippen LogP contribution in [0.3, 0.4) is 0 Å². The molecule has 2 aliphatic rings. The maximum Gasteiger partial charge on any atom is -0.0358 e. The van der Waals surface area contributed by atoms with Gasteiger partial charge in [0.15, 0.2) is 0 Å². The van der Waals surface area contributed by atoms with Crippen LogP contribution in [0.15, 0.2) is 0 Å². The van der Waals surface area contributed by atoms with Gasteiger partial charge in [0.05, 0.1) is 0 Å². The lowest BCUT2D eigenvalue weighted by Gasteiger charge is -2.43. The summed E-state index contributed by atoms with van der Waals surface area (Å²) < 4.78 is 0. The maximum absolute atomic E-state index is 2.48. The van der Waals surface area contributed by atoms with Crippen molar-refractivity contribution in [1.29, 1.82) is 0 Å². The molecule has 2 saturated carbocycles. The molecule has 0 aliphatic heterocycles. The minimum absolute atomic E-state index is 1.03. The Balaban J connectivity index is 2.05. The van der Waals surface area contributed by atoms with E-state index in [9.17, 15) is 0 Å². The summed E-state index contributed by atoms with van der Waals surface area (Å²) in [5.74, 6) is 4.27. The molecule has 4 atom stereocenters. The molecule has 0 bridgehead atoms. The van der Waals surface area contributed by atoms with Crippen LogP contribution >= 0.6 is 0 Å². The highest BCUT2D eigenvalue weighted by Crippen LogP contribution is 2.46. The van der Waals surface area contributed by atoms with Gasteiger partial charge < -0.3 is 0 Å². The minimum atomic E-state index is 1.03. The quantitative estimate of drug-likeness (QED) is 0.512. The average molecular weight is 166 g/mol. The number of rotatable bonds is 0. The third-order valence-electron chi connectivity index (χ3n) is 4.41. The molecule has 0 aromatic heterocycles. The summed E-state index contributed by atoms with van der Waals surface area (Å²) in [5, 5.41) is 0. The molecule has 0 N–H and O–H groups in total. The first-order chi connectivity index (χ1) is 5.79. The lowest BCUT2D eigenvalue weighted by atomic mass is 9.62. The smallest absolute Gasteiger partial charge is 0.0358 e. The van der Waals surface area contributed by atoms with Gasteiger partial charge in [-0.2, -0.15) is 0 Å². The molecule has 2 fully saturated rings. The van der Waals surface area contributed by atoms with Gasteiger partial charge in [0.2, 0.25) is 0 Å². The third kappa shape index (κ3) is 1.41. The van der Waals surface area contributed by atoms with Crippen LogP contribution in [-0.2, 0) is 0 Å². The molecule has 0 heterocycles. The molecule has 0 radical (unpaired) electrons. The summed E-state index contributed by atoms with van der Waals surface area (Å²) in [6, 6.07) is 0. The van der Waals surface area contributed by atoms with Gasteiger partial charge in [-0.1, -0.05) is 39.5 Å². The van der Waals surface area contributed by atoms with Gasteiger partial charge in [0.1, 0.15) is 0 Å². The SMILES string of the molecule is C[C@@H]1CCC[C@H]2C1CCC[C@@H]2C. The predicted octanol–water partition coefficient (Wildman–Crippen LogP) is 3.86. The van der Waals surface area contributed by atoms with E-state index in [0.29, 0.717) is 0 Å². The average Bonchev–Trinajstić information content (AvgIpc) is 2.07. The Kier molecular flexibility index (Phi) is 2.43. The summed E-state index contributed by atoms with van der Waals surface area (Å²) in [6.07, 6.45) is 9.10. The predicted molar refractivity (Wildman–Crippen MR) is 53.0 cm³/mol. The zero-order valence-corrected chi connectivity index (χ0v) is 8.55. The Hall–Kier alpha value is 0. The highest BCUT2D eigenvalue weighted by Gasteiger charge is 2.35. The monoisotopic (exact) mass is 166 g/mol. The van der Waals surface area contributed by atoms with E-state index >= 15 is 0 Å². The Morgan fingerprint density at radius 3 is 1.50 bits per heavy atom. The fraction of sp³-hybridized carbons (Fsp3) is 1.00. The van der Waals surface area contributed by atoms with Crippen molar-refractivity contribution < 1.29 is 0 Å². The summed E-state index contributed by atoms with van der Waals surface area (Å²) in [5.41, 5.74) is 0. The first kappa shape index (κ1) is 8.59. The molecule has 1 unspecified atom stereocenters. The Labute approximate surface area is 76.7 Å². The lowest BCUT2D eigenvalue weighted by Crippen LogP contribution is -2.34. The maximum atomic E-state index is 2.48. The van der Waals surface area contributed by atoms with E-state index < -0.39 is 0 Å². The minimum Gasteiger partial charge on any atom is -0.0622 e. The molecule has 0 aromatic rings. The highest BCUT2D eigenvalue weighted by molar-refractivity contribution is 4.86. The molecule has 0 heteroatoms. The van der Waals surface area contributed by atoms with Crippen molar-refractivity contribution in [1.82, 2.24) is 0 Å². The van der Waals surface area contributed by atoms with Crippen molar-refractivity contribution in [2.75, 3.05) is 0 Å². The first-order valence-electron chi connectivity index (χ1n) is 5.79. The highest BCUT2D eigenvalue weighted by atomic mass is 14.4. The topological polar surface area (TPSA) is 0 Å². The summed E-state index contributed by atoms with van der Waals surface area (Å²) >= 11 is 0. The van der Waals surface area contributed by atoms with Gasteiger partial charge in [-0.3, -0.25) is 0 Å². The van der Waals surface area contributed by atoms with E-state index in [2.05, 4.69) is 13.8 Å². The standard InChI is InChI=1S/C12H22/c1-9-5-3-8-12-10(2)6-4-7-11(9)12/h9-12H,3-8H2,1-2H3/t9-,10+,11+,12?/m0/s1. The van der Waals surface area contributed by atoms with E-state index in [1.165, 1.54) is 38.5 Å². The Bertz CT molecular complexity index is 132. The molecule has 2 aliphatic carbocycles. The number of fused-ring (bicyclic) bond motifs is 1. The van der Waals surface area contributed by atoms with Crippen LogP contribution in [0.5, 0.6) is 0 Å². The molecule has 2 rings (SSSR count). The van der Waals surface area contributed by atoms with Crippen molar-refractivity contribution in [2.45, 2.75) is 52.4 Å². The molecule has 70 valence electrons. The normalized spacial score (nSPS) is 48.5. The third-order valence-corrected chi connectivity index (χ3v) is 4.41. The second kappa shape index (κ2) is 3.40. The summed E-state index contributed by atoms with van der Waals surface area (Å²) in [6.45, 7) is 4.96. The summed E-state index contributed by atoms with van der Waals surface area (Å²) in [7, 11) is 0. The van der Waals surface area contributed by atoms with Gasteiger partial charge >= 0.3 is 0 Å². The van der Waals surface area contributed by atoms with Crippen LogP contribution in [0, 0.1) is 23.7 Å². The van der Waals surface area contributed by atoms with Gasteiger partial charge in [0, 0.05) is 0 Å². The lowest BCUT2D eigenvalue weighted by molar-refractivity contribution is 0.0702. The van der Waals surface area contributed by atoms with Crippen molar-refractivity contribution in [2.24, 2.45) is 23.7 Å². The van der Waals surface area contributed by atoms with Crippen LogP contribution in [0.25, 0.3) is 0 Å². The molecular weight excluding hydrogens is 144 g/mol. The second-order valence-corrected chi connectivity index (χ2v) is 5.14. The van der Waals surface area contributed by atoms with Crippen LogP contribution in [-0.4, -0.2) is 0 Å². The van der Waals surface area contributed by atoms with Gasteiger partial charge in [0.25, 0.3) is 0 Å². The fourth-order valence-electron chi connectivity index (χ4n) is 3.62. The summed E-state index contributed by atoms with van der Waals surface area (Å²) in [4.78, 5) is 0. The van der Waals surface area contributed by atoms with Gasteiger partial charge in [-0.25, -0.2) is 0 Å². The van der Waals surface area contributed by atoms with E-state index in [1.807, 2.05) is 0 Å². The van der Waals surface area contributed by atoms with E-state index in [4.69, 9.17) is 0 Å². The van der Waals surface area contributed by atoms with Crippen molar-refractivity contribution >= 4 is 0 Å². The number of hydrogen-bond donors (Lipinski definition) is 0. The first-order valence-corrected chi connectivity index (χ1v) is 5.79. The largest absolute Gasteiger partial charge is 0.0622 e. The number of hydrogen-bond acceptors (Lipinski definition) is 0. The van der Waals surface area contributed by atoms with Crippen molar-refractivity contribution in [3.63, 3.8) is 0 Å². The molecule has 0 nitrogen and oxygen atoms in total. The van der Waals surface area contributed by atoms with Crippen LogP contribution in [0.4, 0.5) is 0 Å². The van der Waals surface area contributed by atoms with Gasteiger partial charge in [-0.15, -0.1) is 0 Å². The molecule has 12 heavy (non-hydrogen) atoms. The fourth-order valence-corrected chi connectivity index (χ4v) is 3.62. The Morgan fingerprint density at radius 2 is 1.08 bits per heavy atom.